The van der Waals surface area contributed by atoms with Gasteiger partial charge in [-0.25, -0.2) is 9.18 Å². The minimum absolute atomic E-state index is 0.133. The molecule has 1 aromatic heterocycles. The Morgan fingerprint density at radius 2 is 2.06 bits per heavy atom. The largest absolute Gasteiger partial charge is 0.494 e. The molecule has 0 aliphatic carbocycles. The van der Waals surface area contributed by atoms with Crippen molar-refractivity contribution in [2.75, 3.05) is 7.11 Å². The number of carboxylic acids is 1. The molecule has 0 aliphatic rings. The summed E-state index contributed by atoms with van der Waals surface area (Å²) in [6.45, 7) is 0. The molecule has 2 rings (SSSR count). The minimum Gasteiger partial charge on any atom is -0.494 e. The number of aromatic nitrogens is 2. The van der Waals surface area contributed by atoms with Crippen molar-refractivity contribution in [3.63, 3.8) is 0 Å². The molecule has 0 saturated heterocycles. The van der Waals surface area contributed by atoms with Gasteiger partial charge in [-0.05, 0) is 30.3 Å². The fraction of sp³-hybridized carbons (Fsp3) is 0.0833. The van der Waals surface area contributed by atoms with Crippen LogP contribution in [-0.2, 0) is 0 Å². The van der Waals surface area contributed by atoms with Crippen molar-refractivity contribution in [2.45, 2.75) is 0 Å². The first kappa shape index (κ1) is 12.0. The molecule has 0 radical (unpaired) electrons. The molecule has 0 amide bonds. The smallest absolute Gasteiger partial charge is 0.356 e. The van der Waals surface area contributed by atoms with Crippen molar-refractivity contribution in [1.82, 2.24) is 10.2 Å². The van der Waals surface area contributed by atoms with Crippen LogP contribution in [-0.4, -0.2) is 28.4 Å². The number of rotatable bonds is 3. The van der Waals surface area contributed by atoms with E-state index in [1.807, 2.05) is 0 Å². The Kier molecular flexibility index (Phi) is 3.18. The van der Waals surface area contributed by atoms with Crippen LogP contribution in [0.2, 0.25) is 0 Å². The lowest BCUT2D eigenvalue weighted by atomic mass is 10.1. The predicted molar refractivity (Wildman–Crippen MR) is 60.9 cm³/mol. The summed E-state index contributed by atoms with van der Waals surface area (Å²) in [6, 6.07) is 7.12. The zero-order valence-electron chi connectivity index (χ0n) is 9.42. The average molecular weight is 248 g/mol. The number of hydrogen-bond donors (Lipinski definition) is 1. The fourth-order valence-electron chi connectivity index (χ4n) is 1.43. The van der Waals surface area contributed by atoms with Crippen molar-refractivity contribution < 1.29 is 19.0 Å². The van der Waals surface area contributed by atoms with Gasteiger partial charge < -0.3 is 9.84 Å². The van der Waals surface area contributed by atoms with Gasteiger partial charge in [-0.3, -0.25) is 0 Å². The third kappa shape index (κ3) is 2.27. The highest BCUT2D eigenvalue weighted by atomic mass is 19.1. The first-order valence-electron chi connectivity index (χ1n) is 5.03. The molecule has 18 heavy (non-hydrogen) atoms. The Hall–Kier alpha value is -2.50. The van der Waals surface area contributed by atoms with Crippen LogP contribution < -0.4 is 4.74 Å². The first-order valence-corrected chi connectivity index (χ1v) is 5.03. The van der Waals surface area contributed by atoms with Crippen molar-refractivity contribution in [1.29, 1.82) is 0 Å². The molecule has 92 valence electrons. The molecule has 0 saturated carbocycles. The molecule has 0 atom stereocenters. The van der Waals surface area contributed by atoms with Crippen molar-refractivity contribution >= 4 is 5.97 Å². The number of nitrogens with zero attached hydrogens (tertiary/aromatic N) is 2. The second kappa shape index (κ2) is 4.79. The summed E-state index contributed by atoms with van der Waals surface area (Å²) in [7, 11) is 1.37. The van der Waals surface area contributed by atoms with E-state index in [4.69, 9.17) is 9.84 Å². The van der Waals surface area contributed by atoms with Crippen LogP contribution in [0, 0.1) is 5.82 Å². The summed E-state index contributed by atoms with van der Waals surface area (Å²) in [5.74, 6) is -1.54. The molecule has 2 aromatic rings. The van der Waals surface area contributed by atoms with Crippen LogP contribution in [0.1, 0.15) is 10.5 Å². The van der Waals surface area contributed by atoms with Gasteiger partial charge in [0.1, 0.15) is 0 Å². The standard InChI is InChI=1S/C12H9FN2O3/c1-18-11-5-2-7(6-8(11)13)9-3-4-10(12(16)17)15-14-9/h2-6H,1H3,(H,16,17). The number of benzene rings is 1. The van der Waals surface area contributed by atoms with Gasteiger partial charge in [0, 0.05) is 5.56 Å². The van der Waals surface area contributed by atoms with Gasteiger partial charge in [-0.2, -0.15) is 0 Å². The molecule has 1 heterocycles. The molecular weight excluding hydrogens is 239 g/mol. The van der Waals surface area contributed by atoms with E-state index in [0.717, 1.165) is 0 Å². The zero-order chi connectivity index (χ0) is 13.1. The molecule has 1 aromatic carbocycles. The van der Waals surface area contributed by atoms with Gasteiger partial charge in [-0.15, -0.1) is 10.2 Å². The number of carboxylic acid groups (broad SMARTS) is 1. The van der Waals surface area contributed by atoms with Gasteiger partial charge in [0.25, 0.3) is 0 Å². The lowest BCUT2D eigenvalue weighted by Gasteiger charge is -2.04. The lowest BCUT2D eigenvalue weighted by Crippen LogP contribution is -2.02. The van der Waals surface area contributed by atoms with Crippen LogP contribution in [0.15, 0.2) is 30.3 Å². The maximum absolute atomic E-state index is 13.5. The highest BCUT2D eigenvalue weighted by molar-refractivity contribution is 5.85. The average Bonchev–Trinajstić information content (AvgIpc) is 2.38. The number of methoxy groups -OCH3 is 1. The molecule has 0 unspecified atom stereocenters. The normalized spacial score (nSPS) is 10.1. The van der Waals surface area contributed by atoms with Crippen LogP contribution in [0.5, 0.6) is 5.75 Å². The number of aromatic carboxylic acids is 1. The number of halogens is 1. The van der Waals surface area contributed by atoms with E-state index in [9.17, 15) is 9.18 Å². The summed E-state index contributed by atoms with van der Waals surface area (Å²) in [5.41, 5.74) is 0.729. The topological polar surface area (TPSA) is 72.3 Å². The van der Waals surface area contributed by atoms with E-state index >= 15 is 0 Å². The molecular formula is C12H9FN2O3. The van der Waals surface area contributed by atoms with Gasteiger partial charge >= 0.3 is 5.97 Å². The maximum Gasteiger partial charge on any atom is 0.356 e. The number of ether oxygens (including phenoxy) is 1. The van der Waals surface area contributed by atoms with Gasteiger partial charge in [0.2, 0.25) is 0 Å². The van der Waals surface area contributed by atoms with E-state index in [1.165, 1.54) is 31.4 Å². The molecule has 5 nitrogen and oxygen atoms in total. The first-order chi connectivity index (χ1) is 8.61. The second-order valence-electron chi connectivity index (χ2n) is 3.46. The Morgan fingerprint density at radius 1 is 1.28 bits per heavy atom. The number of hydrogen-bond acceptors (Lipinski definition) is 4. The van der Waals surface area contributed by atoms with Crippen LogP contribution in [0.3, 0.4) is 0 Å². The van der Waals surface area contributed by atoms with Crippen LogP contribution >= 0.6 is 0 Å². The summed E-state index contributed by atoms with van der Waals surface area (Å²) in [5, 5.41) is 15.9. The summed E-state index contributed by atoms with van der Waals surface area (Å²) in [6.07, 6.45) is 0. The maximum atomic E-state index is 13.5. The van der Waals surface area contributed by atoms with Crippen molar-refractivity contribution in [2.24, 2.45) is 0 Å². The van der Waals surface area contributed by atoms with Gasteiger partial charge in [-0.1, -0.05) is 0 Å². The highest BCUT2D eigenvalue weighted by Crippen LogP contribution is 2.23. The van der Waals surface area contributed by atoms with Crippen LogP contribution in [0.25, 0.3) is 11.3 Å². The van der Waals surface area contributed by atoms with E-state index in [0.29, 0.717) is 11.3 Å². The molecule has 6 heteroatoms. The quantitative estimate of drug-likeness (QED) is 0.899. The second-order valence-corrected chi connectivity index (χ2v) is 3.46. The van der Waals surface area contributed by atoms with Gasteiger partial charge in [0.05, 0.1) is 12.8 Å². The predicted octanol–water partition coefficient (Wildman–Crippen LogP) is 1.99. The summed E-state index contributed by atoms with van der Waals surface area (Å²) >= 11 is 0. The van der Waals surface area contributed by atoms with E-state index in [1.54, 1.807) is 6.07 Å². The van der Waals surface area contributed by atoms with E-state index in [2.05, 4.69) is 10.2 Å². The Labute approximate surface area is 102 Å². The minimum atomic E-state index is -1.16. The Morgan fingerprint density at radius 3 is 2.56 bits per heavy atom. The Balaban J connectivity index is 2.36. The summed E-state index contributed by atoms with van der Waals surface area (Å²) < 4.78 is 18.3. The lowest BCUT2D eigenvalue weighted by molar-refractivity contribution is 0.0689. The summed E-state index contributed by atoms with van der Waals surface area (Å²) in [4.78, 5) is 10.6. The van der Waals surface area contributed by atoms with Crippen LogP contribution in [0.4, 0.5) is 4.39 Å². The molecule has 0 bridgehead atoms. The third-order valence-corrected chi connectivity index (χ3v) is 2.33. The van der Waals surface area contributed by atoms with E-state index < -0.39 is 11.8 Å². The molecule has 0 fully saturated rings. The van der Waals surface area contributed by atoms with E-state index in [-0.39, 0.29) is 11.4 Å². The highest BCUT2D eigenvalue weighted by Gasteiger charge is 2.09. The molecule has 0 spiro atoms. The zero-order valence-corrected chi connectivity index (χ0v) is 9.42. The third-order valence-electron chi connectivity index (χ3n) is 2.33. The monoisotopic (exact) mass is 248 g/mol. The van der Waals surface area contributed by atoms with Crippen molar-refractivity contribution in [3.05, 3.63) is 41.8 Å². The molecule has 1 N–H and O–H groups in total. The van der Waals surface area contributed by atoms with Gasteiger partial charge in [0.15, 0.2) is 17.3 Å². The van der Waals surface area contributed by atoms with Crippen molar-refractivity contribution in [3.8, 4) is 17.0 Å². The molecule has 0 aliphatic heterocycles. The fourth-order valence-corrected chi connectivity index (χ4v) is 1.43. The SMILES string of the molecule is COc1ccc(-c2ccc(C(=O)O)nn2)cc1F. The number of carbonyl (C=O) groups is 1. The Bertz CT molecular complexity index is 584.